The molecule has 0 heterocycles. The first-order valence-corrected chi connectivity index (χ1v) is 5.19. The first kappa shape index (κ1) is 13.1. The van der Waals surface area contributed by atoms with Crippen molar-refractivity contribution in [2.24, 2.45) is 5.73 Å². The maximum Gasteiger partial charge on any atom is 0.0247 e. The summed E-state index contributed by atoms with van der Waals surface area (Å²) in [6.45, 7) is 0. The van der Waals surface area contributed by atoms with Crippen molar-refractivity contribution in [3.05, 3.63) is 0 Å². The fourth-order valence-corrected chi connectivity index (χ4v) is 1.23. The molecule has 2 atom stereocenters. The van der Waals surface area contributed by atoms with Crippen molar-refractivity contribution in [1.82, 2.24) is 0 Å². The molecular weight excluding hydrogens is 166 g/mol. The summed E-state index contributed by atoms with van der Waals surface area (Å²) in [4.78, 5) is 0. The quantitative estimate of drug-likeness (QED) is 0.628. The first-order chi connectivity index (χ1) is 4.16. The van der Waals surface area contributed by atoms with E-state index in [0.29, 0.717) is 11.5 Å². The maximum atomic E-state index is 10.5. The van der Waals surface area contributed by atoms with Crippen molar-refractivity contribution in [2.75, 3.05) is 17.8 Å². The highest BCUT2D eigenvalue weighted by Crippen LogP contribution is 1.91. The number of hydrogen-bond donors (Lipinski definition) is 2. The lowest BCUT2D eigenvalue weighted by Crippen LogP contribution is -2.23. The van der Waals surface area contributed by atoms with Gasteiger partial charge in [0.25, 0.3) is 0 Å². The average molecular weight is 183 g/mol. The van der Waals surface area contributed by atoms with E-state index in [1.54, 1.807) is 6.26 Å². The summed E-state index contributed by atoms with van der Waals surface area (Å²) in [5.41, 5.74) is 5.51. The van der Waals surface area contributed by atoms with Crippen molar-refractivity contribution in [3.8, 4) is 0 Å². The Labute approximate surface area is 71.4 Å². The second-order valence-corrected chi connectivity index (χ2v) is 3.93. The molecule has 0 amide bonds. The summed E-state index contributed by atoms with van der Waals surface area (Å²) in [7, 11) is -0.702. The monoisotopic (exact) mass is 183 g/mol. The largest absolute Gasteiger partial charge is 0.327 e. The van der Waals surface area contributed by atoms with Gasteiger partial charge in [0.05, 0.1) is 0 Å². The van der Waals surface area contributed by atoms with E-state index >= 15 is 0 Å². The maximum absolute atomic E-state index is 10.5. The van der Waals surface area contributed by atoms with Gasteiger partial charge in [-0.15, -0.1) is 0 Å². The van der Waals surface area contributed by atoms with Crippen molar-refractivity contribution < 1.29 is 4.21 Å². The Balaban J connectivity index is 0. The van der Waals surface area contributed by atoms with Gasteiger partial charge in [-0.25, -0.2) is 0 Å². The molecule has 4 heteroatoms. The van der Waals surface area contributed by atoms with Gasteiger partial charge in [0.15, 0.2) is 0 Å². The molecular formula is C6H17NOS2. The molecule has 0 radical (unpaired) electrons. The Bertz CT molecular complexity index is 97.7. The van der Waals surface area contributed by atoms with Crippen LogP contribution >= 0.6 is 12.6 Å². The molecule has 0 aromatic heterocycles. The molecule has 0 bridgehead atoms. The summed E-state index contributed by atoms with van der Waals surface area (Å²) in [6, 6.07) is 0.109. The standard InChI is InChI=1S/C5H13NOS2.CH4/c1-9(7)3-2-5(6)4-8;/h5,8H,2-4,6H2,1H3;1H4. The highest BCUT2D eigenvalue weighted by atomic mass is 32.2. The zero-order chi connectivity index (χ0) is 7.28. The Morgan fingerprint density at radius 2 is 2.20 bits per heavy atom. The van der Waals surface area contributed by atoms with E-state index in [0.717, 1.165) is 6.42 Å². The van der Waals surface area contributed by atoms with Crippen LogP contribution in [0.1, 0.15) is 13.8 Å². The molecule has 0 aliphatic carbocycles. The van der Waals surface area contributed by atoms with Crippen LogP contribution in [0.15, 0.2) is 0 Å². The minimum absolute atomic E-state index is 0. The van der Waals surface area contributed by atoms with E-state index < -0.39 is 10.8 Å². The summed E-state index contributed by atoms with van der Waals surface area (Å²) in [5.74, 6) is 1.37. The van der Waals surface area contributed by atoms with Crippen molar-refractivity contribution in [1.29, 1.82) is 0 Å². The van der Waals surface area contributed by atoms with Gasteiger partial charge in [0.2, 0.25) is 0 Å². The van der Waals surface area contributed by atoms with Gasteiger partial charge in [0, 0.05) is 34.6 Å². The van der Waals surface area contributed by atoms with Crippen LogP contribution in [0.5, 0.6) is 0 Å². The topological polar surface area (TPSA) is 43.1 Å². The summed E-state index contributed by atoms with van der Waals surface area (Å²) >= 11 is 3.99. The minimum atomic E-state index is -0.702. The van der Waals surface area contributed by atoms with Gasteiger partial charge in [-0.1, -0.05) is 7.43 Å². The molecule has 0 aromatic rings. The second-order valence-electron chi connectivity index (χ2n) is 2.01. The third-order valence-electron chi connectivity index (χ3n) is 1.01. The fraction of sp³-hybridized carbons (Fsp3) is 1.00. The van der Waals surface area contributed by atoms with Crippen LogP contribution in [-0.4, -0.2) is 28.0 Å². The molecule has 2 N–H and O–H groups in total. The molecule has 0 fully saturated rings. The predicted octanol–water partition coefficient (Wildman–Crippen LogP) is 0.648. The molecule has 0 rings (SSSR count). The van der Waals surface area contributed by atoms with E-state index in [-0.39, 0.29) is 13.5 Å². The lowest BCUT2D eigenvalue weighted by atomic mass is 10.3. The third kappa shape index (κ3) is 8.46. The van der Waals surface area contributed by atoms with Crippen LogP contribution in [0.4, 0.5) is 0 Å². The number of hydrogen-bond acceptors (Lipinski definition) is 3. The molecule has 0 aliphatic heterocycles. The number of nitrogens with two attached hydrogens (primary N) is 1. The normalized spacial score (nSPS) is 15.5. The molecule has 2 unspecified atom stereocenters. The lowest BCUT2D eigenvalue weighted by molar-refractivity contribution is 0.674. The van der Waals surface area contributed by atoms with Crippen LogP contribution in [0, 0.1) is 0 Å². The smallest absolute Gasteiger partial charge is 0.0247 e. The van der Waals surface area contributed by atoms with Crippen LogP contribution < -0.4 is 5.73 Å². The molecule has 10 heavy (non-hydrogen) atoms. The van der Waals surface area contributed by atoms with E-state index in [1.807, 2.05) is 0 Å². The predicted molar refractivity (Wildman–Crippen MR) is 52.1 cm³/mol. The highest BCUT2D eigenvalue weighted by molar-refractivity contribution is 7.84. The Morgan fingerprint density at radius 1 is 1.70 bits per heavy atom. The molecule has 0 saturated carbocycles. The van der Waals surface area contributed by atoms with Gasteiger partial charge in [-0.2, -0.15) is 12.6 Å². The van der Waals surface area contributed by atoms with Crippen molar-refractivity contribution >= 4 is 23.4 Å². The van der Waals surface area contributed by atoms with Crippen LogP contribution in [0.3, 0.4) is 0 Å². The molecule has 0 saturated heterocycles. The zero-order valence-corrected chi connectivity index (χ0v) is 7.25. The average Bonchev–Trinajstić information content (AvgIpc) is 1.83. The van der Waals surface area contributed by atoms with E-state index in [1.165, 1.54) is 0 Å². The van der Waals surface area contributed by atoms with Crippen molar-refractivity contribution in [3.63, 3.8) is 0 Å². The van der Waals surface area contributed by atoms with Gasteiger partial charge in [-0.3, -0.25) is 4.21 Å². The van der Waals surface area contributed by atoms with Gasteiger partial charge in [-0.05, 0) is 6.42 Å². The summed E-state index contributed by atoms with van der Waals surface area (Å²) < 4.78 is 10.5. The van der Waals surface area contributed by atoms with Gasteiger partial charge in [0.1, 0.15) is 0 Å². The van der Waals surface area contributed by atoms with Crippen LogP contribution in [0.2, 0.25) is 0 Å². The van der Waals surface area contributed by atoms with Crippen LogP contribution in [0.25, 0.3) is 0 Å². The molecule has 0 aromatic carbocycles. The molecule has 0 aliphatic rings. The first-order valence-electron chi connectivity index (χ1n) is 2.83. The van der Waals surface area contributed by atoms with Crippen LogP contribution in [-0.2, 0) is 10.8 Å². The van der Waals surface area contributed by atoms with Gasteiger partial charge >= 0.3 is 0 Å². The molecule has 2 nitrogen and oxygen atoms in total. The number of rotatable bonds is 4. The van der Waals surface area contributed by atoms with E-state index in [9.17, 15) is 4.21 Å². The zero-order valence-electron chi connectivity index (χ0n) is 5.54. The van der Waals surface area contributed by atoms with E-state index in [2.05, 4.69) is 12.6 Å². The minimum Gasteiger partial charge on any atom is -0.327 e. The summed E-state index contributed by atoms with van der Waals surface area (Å²) in [6.07, 6.45) is 2.50. The Hall–Kier alpha value is 0.460. The van der Waals surface area contributed by atoms with Gasteiger partial charge < -0.3 is 5.73 Å². The van der Waals surface area contributed by atoms with E-state index in [4.69, 9.17) is 5.73 Å². The Morgan fingerprint density at radius 3 is 2.50 bits per heavy atom. The third-order valence-corrected chi connectivity index (χ3v) is 2.29. The fourth-order valence-electron chi connectivity index (χ4n) is 0.409. The lowest BCUT2D eigenvalue weighted by Gasteiger charge is -2.04. The molecule has 64 valence electrons. The van der Waals surface area contributed by atoms with Crippen molar-refractivity contribution in [2.45, 2.75) is 19.9 Å². The second kappa shape index (κ2) is 7.57. The number of thiol groups is 1. The SMILES string of the molecule is C.CS(=O)CCC(N)CS. The highest BCUT2D eigenvalue weighted by Gasteiger charge is 1.99. The Kier molecular flexibility index (Phi) is 9.90. The molecule has 0 spiro atoms. The summed E-state index contributed by atoms with van der Waals surface area (Å²) in [5, 5.41) is 0.